The molecule has 5 atom stereocenters. The number of anilines is 1. The molecule has 0 aromatic carbocycles. The van der Waals surface area contributed by atoms with E-state index in [9.17, 15) is 19.8 Å². The van der Waals surface area contributed by atoms with Crippen LogP contribution in [-0.2, 0) is 4.74 Å². The van der Waals surface area contributed by atoms with E-state index in [0.29, 0.717) is 12.8 Å². The Balaban J connectivity index is 2.13. The summed E-state index contributed by atoms with van der Waals surface area (Å²) < 4.78 is 7.28. The maximum Gasteiger partial charge on any atom is 0.311 e. The van der Waals surface area contributed by atoms with Crippen molar-refractivity contribution in [3.63, 3.8) is 0 Å². The van der Waals surface area contributed by atoms with Crippen LogP contribution in [0.4, 0.5) is 5.95 Å². The van der Waals surface area contributed by atoms with Gasteiger partial charge in [-0.05, 0) is 19.8 Å². The van der Waals surface area contributed by atoms with Gasteiger partial charge in [0.2, 0.25) is 5.95 Å². The number of hydrogen-bond donors (Lipinski definition) is 4. The normalized spacial score (nSPS) is 26.8. The molecule has 2 aromatic heterocycles. The fourth-order valence-corrected chi connectivity index (χ4v) is 3.93. The molecule has 24 heavy (non-hydrogen) atoms. The largest absolute Gasteiger partial charge is 0.393 e. The molecule has 9 nitrogen and oxygen atoms in total. The Morgan fingerprint density at radius 2 is 2.21 bits per heavy atom. The molecule has 132 valence electrons. The Hall–Kier alpha value is -1.75. The summed E-state index contributed by atoms with van der Waals surface area (Å²) >= 11 is 0.752. The summed E-state index contributed by atoms with van der Waals surface area (Å²) in [5.74, 6) is -0.509. The Morgan fingerprint density at radius 3 is 2.83 bits per heavy atom. The van der Waals surface area contributed by atoms with Gasteiger partial charge in [0.15, 0.2) is 5.65 Å². The molecule has 10 heteroatoms. The number of aliphatic hydroxyl groups excluding tert-OH is 2. The standard InChI is InChI=1S/C14H20N4O5S/c1-3-7(20)8-4-6(5(2)19)12(23-8)18-10-9(24-14(18)22)11(21)17-13(15)16-10/h5-8,12,19-20H,3-4H2,1-2H3,(H3,15,16,17,21). The van der Waals surface area contributed by atoms with Crippen LogP contribution < -0.4 is 16.2 Å². The van der Waals surface area contributed by atoms with Crippen molar-refractivity contribution in [3.05, 3.63) is 20.0 Å². The molecule has 0 saturated carbocycles. The van der Waals surface area contributed by atoms with Crippen molar-refractivity contribution in [2.24, 2.45) is 5.92 Å². The van der Waals surface area contributed by atoms with Gasteiger partial charge in [0.05, 0.1) is 18.3 Å². The lowest BCUT2D eigenvalue weighted by Gasteiger charge is -2.22. The number of fused-ring (bicyclic) bond motifs is 1. The van der Waals surface area contributed by atoms with Gasteiger partial charge in [0.25, 0.3) is 5.56 Å². The van der Waals surface area contributed by atoms with E-state index in [-0.39, 0.29) is 16.3 Å². The second-order valence-electron chi connectivity index (χ2n) is 6.02. The highest BCUT2D eigenvalue weighted by atomic mass is 32.1. The van der Waals surface area contributed by atoms with Crippen LogP contribution in [0.2, 0.25) is 0 Å². The summed E-state index contributed by atoms with van der Waals surface area (Å²) in [7, 11) is 0. The molecular weight excluding hydrogens is 336 g/mol. The van der Waals surface area contributed by atoms with Gasteiger partial charge in [0, 0.05) is 5.92 Å². The molecule has 1 aliphatic heterocycles. The van der Waals surface area contributed by atoms with Gasteiger partial charge in [-0.1, -0.05) is 18.3 Å². The number of ether oxygens (including phenoxy) is 1. The summed E-state index contributed by atoms with van der Waals surface area (Å²) in [5.41, 5.74) is 5.23. The number of rotatable bonds is 4. The molecule has 3 heterocycles. The highest BCUT2D eigenvalue weighted by molar-refractivity contribution is 7.16. The van der Waals surface area contributed by atoms with Gasteiger partial charge in [-0.3, -0.25) is 19.1 Å². The lowest BCUT2D eigenvalue weighted by atomic mass is 9.95. The number of nitrogens with zero attached hydrogens (tertiary/aromatic N) is 2. The molecule has 1 fully saturated rings. The lowest BCUT2D eigenvalue weighted by Crippen LogP contribution is -2.30. The molecule has 5 unspecified atom stereocenters. The van der Waals surface area contributed by atoms with Gasteiger partial charge < -0.3 is 20.7 Å². The van der Waals surface area contributed by atoms with Gasteiger partial charge >= 0.3 is 4.87 Å². The highest BCUT2D eigenvalue weighted by Gasteiger charge is 2.43. The van der Waals surface area contributed by atoms with Crippen molar-refractivity contribution in [1.29, 1.82) is 0 Å². The zero-order valence-corrected chi connectivity index (χ0v) is 14.1. The zero-order valence-electron chi connectivity index (χ0n) is 13.3. The van der Waals surface area contributed by atoms with Gasteiger partial charge in [-0.15, -0.1) is 0 Å². The van der Waals surface area contributed by atoms with Gasteiger partial charge in [0.1, 0.15) is 10.9 Å². The van der Waals surface area contributed by atoms with Crippen molar-refractivity contribution >= 4 is 27.6 Å². The molecule has 5 N–H and O–H groups in total. The topological polar surface area (TPSA) is 143 Å². The van der Waals surface area contributed by atoms with E-state index in [1.807, 2.05) is 6.92 Å². The molecule has 0 bridgehead atoms. The summed E-state index contributed by atoms with van der Waals surface area (Å²) in [6.45, 7) is 3.43. The minimum Gasteiger partial charge on any atom is -0.393 e. The summed E-state index contributed by atoms with van der Waals surface area (Å²) in [6.07, 6.45) is -1.87. The van der Waals surface area contributed by atoms with E-state index in [0.717, 1.165) is 11.3 Å². The Morgan fingerprint density at radius 1 is 1.50 bits per heavy atom. The number of aromatic nitrogens is 3. The maximum atomic E-state index is 12.4. The lowest BCUT2D eigenvalue weighted by molar-refractivity contribution is -0.0733. The Kier molecular flexibility index (Phi) is 4.47. The molecule has 1 aliphatic rings. The molecule has 3 rings (SSSR count). The van der Waals surface area contributed by atoms with Gasteiger partial charge in [-0.2, -0.15) is 4.98 Å². The van der Waals surface area contributed by atoms with Crippen molar-refractivity contribution in [1.82, 2.24) is 14.5 Å². The molecule has 2 aromatic rings. The van der Waals surface area contributed by atoms with E-state index in [1.165, 1.54) is 4.57 Å². The van der Waals surface area contributed by atoms with Crippen molar-refractivity contribution in [2.45, 2.75) is 51.2 Å². The molecule has 0 aliphatic carbocycles. The fourth-order valence-electron chi connectivity index (χ4n) is 3.09. The minimum absolute atomic E-state index is 0.101. The van der Waals surface area contributed by atoms with E-state index in [4.69, 9.17) is 10.5 Å². The first-order valence-electron chi connectivity index (χ1n) is 7.75. The van der Waals surface area contributed by atoms with Crippen LogP contribution in [0.25, 0.3) is 10.3 Å². The van der Waals surface area contributed by atoms with Crippen LogP contribution in [0.3, 0.4) is 0 Å². The number of aliphatic hydroxyl groups is 2. The SMILES string of the molecule is CCC(O)C1CC(C(C)O)C(n2c(=O)sc3c(=O)[nH]c(N)nc32)O1. The van der Waals surface area contributed by atoms with Crippen LogP contribution in [0.1, 0.15) is 32.9 Å². The maximum absolute atomic E-state index is 12.4. The first-order chi connectivity index (χ1) is 11.3. The first kappa shape index (κ1) is 17.1. The van der Waals surface area contributed by atoms with Crippen molar-refractivity contribution in [3.8, 4) is 0 Å². The predicted molar refractivity (Wildman–Crippen MR) is 88.9 cm³/mol. The molecule has 1 saturated heterocycles. The monoisotopic (exact) mass is 356 g/mol. The number of aromatic amines is 1. The van der Waals surface area contributed by atoms with Crippen LogP contribution in [-0.4, -0.2) is 43.1 Å². The second kappa shape index (κ2) is 6.28. The Labute approximate surface area is 140 Å². The van der Waals surface area contributed by atoms with E-state index in [2.05, 4.69) is 9.97 Å². The fraction of sp³-hybridized carbons (Fsp3) is 0.643. The third-order valence-corrected chi connectivity index (χ3v) is 5.34. The zero-order chi connectivity index (χ0) is 17.6. The molecule has 0 radical (unpaired) electrons. The van der Waals surface area contributed by atoms with Crippen LogP contribution >= 0.6 is 11.3 Å². The number of thiazole rings is 1. The number of nitrogen functional groups attached to an aromatic ring is 1. The van der Waals surface area contributed by atoms with E-state index in [1.54, 1.807) is 6.92 Å². The molecule has 0 amide bonds. The molecule has 0 spiro atoms. The van der Waals surface area contributed by atoms with E-state index < -0.39 is 40.9 Å². The number of H-pyrrole nitrogens is 1. The number of nitrogens with two attached hydrogens (primary N) is 1. The van der Waals surface area contributed by atoms with E-state index >= 15 is 0 Å². The van der Waals surface area contributed by atoms with Gasteiger partial charge in [-0.25, -0.2) is 0 Å². The number of hydrogen-bond acceptors (Lipinski definition) is 8. The first-order valence-corrected chi connectivity index (χ1v) is 8.57. The Bertz CT molecular complexity index is 857. The van der Waals surface area contributed by atoms with Crippen LogP contribution in [0.5, 0.6) is 0 Å². The second-order valence-corrected chi connectivity index (χ2v) is 6.98. The summed E-state index contributed by atoms with van der Waals surface area (Å²) in [5, 5.41) is 20.1. The van der Waals surface area contributed by atoms with Crippen molar-refractivity contribution in [2.75, 3.05) is 5.73 Å². The predicted octanol–water partition coefficient (Wildman–Crippen LogP) is -0.216. The van der Waals surface area contributed by atoms with Crippen LogP contribution in [0, 0.1) is 5.92 Å². The quantitative estimate of drug-likeness (QED) is 0.593. The van der Waals surface area contributed by atoms with Crippen molar-refractivity contribution < 1.29 is 14.9 Å². The molecular formula is C14H20N4O5S. The third-order valence-electron chi connectivity index (χ3n) is 4.40. The third kappa shape index (κ3) is 2.75. The average molecular weight is 356 g/mol. The smallest absolute Gasteiger partial charge is 0.311 e. The van der Waals surface area contributed by atoms with Crippen LogP contribution in [0.15, 0.2) is 9.59 Å². The summed E-state index contributed by atoms with van der Waals surface area (Å²) in [6, 6.07) is 0. The highest BCUT2D eigenvalue weighted by Crippen LogP contribution is 2.39. The number of nitrogens with one attached hydrogen (secondary N) is 1. The summed E-state index contributed by atoms with van der Waals surface area (Å²) in [4.78, 5) is 30.4. The minimum atomic E-state index is -0.814. The average Bonchev–Trinajstić information content (AvgIpc) is 3.07.